The van der Waals surface area contributed by atoms with Crippen LogP contribution in [0.15, 0.2) is 47.7 Å². The number of nitrogens with one attached hydrogen (secondary N) is 2. The number of guanidine groups is 1. The molecule has 1 fully saturated rings. The molecule has 1 aliphatic carbocycles. The van der Waals surface area contributed by atoms with E-state index in [2.05, 4.69) is 66.1 Å². The average Bonchev–Trinajstić information content (AvgIpc) is 3.32. The van der Waals surface area contributed by atoms with E-state index in [1.807, 2.05) is 10.9 Å². The van der Waals surface area contributed by atoms with Crippen LogP contribution in [0.2, 0.25) is 0 Å². The summed E-state index contributed by atoms with van der Waals surface area (Å²) in [6.07, 6.45) is 7.47. The van der Waals surface area contributed by atoms with E-state index in [0.717, 1.165) is 38.6 Å². The first-order valence-electron chi connectivity index (χ1n) is 9.29. The average molecular weight is 467 g/mol. The van der Waals surface area contributed by atoms with Crippen LogP contribution in [-0.4, -0.2) is 35.4 Å². The number of hydrogen-bond acceptors (Lipinski definition) is 2. The second-order valence-electron chi connectivity index (χ2n) is 6.90. The third-order valence-electron chi connectivity index (χ3n) is 4.74. The fourth-order valence-electron chi connectivity index (χ4n) is 3.09. The van der Waals surface area contributed by atoms with E-state index in [1.54, 1.807) is 0 Å². The van der Waals surface area contributed by atoms with Gasteiger partial charge >= 0.3 is 0 Å². The maximum absolute atomic E-state index is 4.84. The van der Waals surface area contributed by atoms with E-state index in [-0.39, 0.29) is 29.4 Å². The van der Waals surface area contributed by atoms with Crippen LogP contribution < -0.4 is 10.6 Å². The van der Waals surface area contributed by atoms with Gasteiger partial charge in [-0.25, -0.2) is 0 Å². The molecule has 3 rings (SSSR count). The van der Waals surface area contributed by atoms with Crippen molar-refractivity contribution < 1.29 is 0 Å². The highest BCUT2D eigenvalue weighted by molar-refractivity contribution is 14.0. The normalized spacial score (nSPS) is 15.2. The molecule has 26 heavy (non-hydrogen) atoms. The fourth-order valence-corrected chi connectivity index (χ4v) is 3.09. The summed E-state index contributed by atoms with van der Waals surface area (Å²) in [5.74, 6) is 0.918. The summed E-state index contributed by atoms with van der Waals surface area (Å²) < 4.78 is 2.00. The van der Waals surface area contributed by atoms with Crippen LogP contribution in [0.4, 0.5) is 0 Å². The summed E-state index contributed by atoms with van der Waals surface area (Å²) in [6, 6.07) is 10.8. The third-order valence-corrected chi connectivity index (χ3v) is 4.74. The number of aliphatic imine (C=N–C) groups is 1. The van der Waals surface area contributed by atoms with Crippen LogP contribution >= 0.6 is 24.0 Å². The molecule has 2 aromatic rings. The number of hydrogen-bond donors (Lipinski definition) is 2. The lowest BCUT2D eigenvalue weighted by Gasteiger charge is -2.16. The Labute approximate surface area is 173 Å². The van der Waals surface area contributed by atoms with E-state index in [1.165, 1.54) is 24.0 Å². The van der Waals surface area contributed by atoms with Gasteiger partial charge in [0.2, 0.25) is 0 Å². The van der Waals surface area contributed by atoms with Gasteiger partial charge in [0.05, 0.1) is 12.7 Å². The van der Waals surface area contributed by atoms with Crippen molar-refractivity contribution in [2.75, 3.05) is 19.6 Å². The molecule has 0 amide bonds. The number of aromatic nitrogens is 2. The summed E-state index contributed by atoms with van der Waals surface area (Å²) >= 11 is 0. The molecule has 0 spiro atoms. The molecular formula is C20H30IN5. The topological polar surface area (TPSA) is 54.2 Å². The molecule has 0 radical (unpaired) electrons. The Kier molecular flexibility index (Phi) is 7.93. The van der Waals surface area contributed by atoms with Crippen LogP contribution in [0.5, 0.6) is 0 Å². The van der Waals surface area contributed by atoms with Gasteiger partial charge in [-0.3, -0.25) is 9.67 Å². The second-order valence-corrected chi connectivity index (χ2v) is 6.90. The van der Waals surface area contributed by atoms with Gasteiger partial charge < -0.3 is 10.6 Å². The van der Waals surface area contributed by atoms with Crippen LogP contribution in [0, 0.1) is 6.92 Å². The maximum Gasteiger partial charge on any atom is 0.191 e. The lowest BCUT2D eigenvalue weighted by atomic mass is 9.96. The summed E-state index contributed by atoms with van der Waals surface area (Å²) in [4.78, 5) is 4.84. The van der Waals surface area contributed by atoms with Gasteiger partial charge in [-0.05, 0) is 44.2 Å². The summed E-state index contributed by atoms with van der Waals surface area (Å²) in [7, 11) is 0. The molecule has 1 saturated carbocycles. The van der Waals surface area contributed by atoms with E-state index < -0.39 is 0 Å². The molecule has 5 nitrogen and oxygen atoms in total. The first-order chi connectivity index (χ1) is 12.2. The Balaban J connectivity index is 0.00000243. The second kappa shape index (κ2) is 9.94. The molecule has 0 bridgehead atoms. The van der Waals surface area contributed by atoms with Crippen molar-refractivity contribution in [3.63, 3.8) is 0 Å². The molecular weight excluding hydrogens is 437 g/mol. The molecule has 6 heteroatoms. The SMILES string of the molecule is CCNC(=NCC1(c2ccccc2)CC1)NCCCn1cc(C)cn1.I. The van der Waals surface area contributed by atoms with Crippen molar-refractivity contribution in [2.45, 2.75) is 45.1 Å². The van der Waals surface area contributed by atoms with Crippen molar-refractivity contribution in [3.05, 3.63) is 53.9 Å². The predicted octanol–water partition coefficient (Wildman–Crippen LogP) is 3.49. The zero-order chi connectivity index (χ0) is 17.5. The largest absolute Gasteiger partial charge is 0.357 e. The van der Waals surface area contributed by atoms with Gasteiger partial charge in [-0.2, -0.15) is 5.10 Å². The molecule has 0 atom stereocenters. The van der Waals surface area contributed by atoms with Gasteiger partial charge in [0.25, 0.3) is 0 Å². The number of rotatable bonds is 8. The van der Waals surface area contributed by atoms with Crippen molar-refractivity contribution >= 4 is 29.9 Å². The first kappa shape index (κ1) is 20.7. The predicted molar refractivity (Wildman–Crippen MR) is 118 cm³/mol. The minimum Gasteiger partial charge on any atom is -0.357 e. The lowest BCUT2D eigenvalue weighted by Crippen LogP contribution is -2.38. The third kappa shape index (κ3) is 5.72. The van der Waals surface area contributed by atoms with Crippen molar-refractivity contribution in [1.82, 2.24) is 20.4 Å². The highest BCUT2D eigenvalue weighted by Gasteiger charge is 2.43. The van der Waals surface area contributed by atoms with Gasteiger partial charge in [0.1, 0.15) is 0 Å². The lowest BCUT2D eigenvalue weighted by molar-refractivity contribution is 0.569. The monoisotopic (exact) mass is 467 g/mol. The van der Waals surface area contributed by atoms with E-state index in [0.29, 0.717) is 0 Å². The molecule has 0 saturated heterocycles. The van der Waals surface area contributed by atoms with Crippen molar-refractivity contribution in [2.24, 2.45) is 4.99 Å². The Bertz CT molecular complexity index is 691. The molecule has 1 aromatic heterocycles. The zero-order valence-corrected chi connectivity index (χ0v) is 18.1. The Morgan fingerprint density at radius 3 is 2.62 bits per heavy atom. The molecule has 142 valence electrons. The number of benzene rings is 1. The number of halogens is 1. The molecule has 0 unspecified atom stereocenters. The Morgan fingerprint density at radius 1 is 1.23 bits per heavy atom. The Morgan fingerprint density at radius 2 is 2.00 bits per heavy atom. The van der Waals surface area contributed by atoms with Crippen molar-refractivity contribution in [1.29, 1.82) is 0 Å². The molecule has 1 heterocycles. The summed E-state index contributed by atoms with van der Waals surface area (Å²) in [6.45, 7) is 7.72. The standard InChI is InChI=1S/C20H29N5.HI/c1-3-21-19(22-12-7-13-25-15-17(2)14-24-25)23-16-20(10-11-20)18-8-5-4-6-9-18;/h4-6,8-9,14-15H,3,7,10-13,16H2,1-2H3,(H2,21,22,23);1H. The number of nitrogens with zero attached hydrogens (tertiary/aromatic N) is 3. The molecule has 2 N–H and O–H groups in total. The van der Waals surface area contributed by atoms with E-state index in [4.69, 9.17) is 4.99 Å². The molecule has 1 aliphatic rings. The van der Waals surface area contributed by atoms with Gasteiger partial charge in [-0.1, -0.05) is 30.3 Å². The highest BCUT2D eigenvalue weighted by atomic mass is 127. The van der Waals surface area contributed by atoms with Gasteiger partial charge in [-0.15, -0.1) is 24.0 Å². The fraction of sp³-hybridized carbons (Fsp3) is 0.500. The zero-order valence-electron chi connectivity index (χ0n) is 15.7. The summed E-state index contributed by atoms with van der Waals surface area (Å²) in [5.41, 5.74) is 2.89. The Hall–Kier alpha value is -1.57. The van der Waals surface area contributed by atoms with Crippen LogP contribution in [0.1, 0.15) is 37.3 Å². The van der Waals surface area contributed by atoms with Gasteiger partial charge in [0, 0.05) is 31.2 Å². The van der Waals surface area contributed by atoms with E-state index >= 15 is 0 Å². The van der Waals surface area contributed by atoms with Crippen LogP contribution in [-0.2, 0) is 12.0 Å². The van der Waals surface area contributed by atoms with Gasteiger partial charge in [0.15, 0.2) is 5.96 Å². The number of aryl methyl sites for hydroxylation is 2. The quantitative estimate of drug-likeness (QED) is 0.271. The highest BCUT2D eigenvalue weighted by Crippen LogP contribution is 2.48. The minimum absolute atomic E-state index is 0. The molecule has 0 aliphatic heterocycles. The van der Waals surface area contributed by atoms with Crippen molar-refractivity contribution in [3.8, 4) is 0 Å². The molecule has 1 aromatic carbocycles. The van der Waals surface area contributed by atoms with E-state index in [9.17, 15) is 0 Å². The van der Waals surface area contributed by atoms with Crippen LogP contribution in [0.3, 0.4) is 0 Å². The maximum atomic E-state index is 4.84. The minimum atomic E-state index is 0. The first-order valence-corrected chi connectivity index (χ1v) is 9.29. The summed E-state index contributed by atoms with van der Waals surface area (Å²) in [5, 5.41) is 11.1. The smallest absolute Gasteiger partial charge is 0.191 e. The van der Waals surface area contributed by atoms with Crippen LogP contribution in [0.25, 0.3) is 0 Å².